The molecule has 0 heterocycles. The predicted octanol–water partition coefficient (Wildman–Crippen LogP) is 1.85. The van der Waals surface area contributed by atoms with Gasteiger partial charge in [0.1, 0.15) is 0 Å². The molecule has 0 saturated carbocycles. The average molecular weight is 156 g/mol. The van der Waals surface area contributed by atoms with E-state index in [1.165, 1.54) is 19.2 Å². The number of ether oxygens (including phenoxy) is 1. The molecule has 1 rings (SSSR count). The lowest BCUT2D eigenvalue weighted by molar-refractivity contribution is 0.364. The maximum absolute atomic E-state index is 12.8. The van der Waals surface area contributed by atoms with E-state index in [2.05, 4.69) is 4.74 Å². The van der Waals surface area contributed by atoms with Crippen molar-refractivity contribution in [1.29, 1.82) is 0 Å². The molecule has 0 aliphatic heterocycles. The van der Waals surface area contributed by atoms with E-state index in [1.807, 2.05) is 0 Å². The number of aromatic hydroxyl groups is 1. The first-order valence-corrected chi connectivity index (χ1v) is 3.18. The number of methoxy groups -OCH3 is 1. The Bertz CT molecular complexity index is 271. The quantitative estimate of drug-likeness (QED) is 0.672. The van der Waals surface area contributed by atoms with Gasteiger partial charge in [0.25, 0.3) is 0 Å². The maximum atomic E-state index is 12.8. The lowest BCUT2D eigenvalue weighted by Gasteiger charge is -2.03. The van der Waals surface area contributed by atoms with Crippen LogP contribution >= 0.6 is 0 Å². The van der Waals surface area contributed by atoms with Crippen molar-refractivity contribution in [3.05, 3.63) is 23.5 Å². The molecule has 2 nitrogen and oxygen atoms in total. The third kappa shape index (κ3) is 1.42. The molecular formula is C8H9FO2. The topological polar surface area (TPSA) is 29.5 Å². The van der Waals surface area contributed by atoms with Crippen LogP contribution in [-0.4, -0.2) is 12.2 Å². The Hall–Kier alpha value is -1.25. The van der Waals surface area contributed by atoms with Crippen LogP contribution in [0, 0.1) is 12.7 Å². The van der Waals surface area contributed by atoms with Gasteiger partial charge in [0.15, 0.2) is 11.5 Å². The third-order valence-corrected chi connectivity index (χ3v) is 1.38. The molecule has 11 heavy (non-hydrogen) atoms. The highest BCUT2D eigenvalue weighted by molar-refractivity contribution is 5.38. The number of halogens is 1. The number of hydrogen-bond donors (Lipinski definition) is 1. The number of phenolic OH excluding ortho intramolecular Hbond substituents is 1. The molecule has 0 aliphatic rings. The van der Waals surface area contributed by atoms with Gasteiger partial charge < -0.3 is 9.84 Å². The fourth-order valence-electron chi connectivity index (χ4n) is 0.866. The summed E-state index contributed by atoms with van der Waals surface area (Å²) in [5.74, 6) is -1.01. The van der Waals surface area contributed by atoms with Gasteiger partial charge in [0, 0.05) is 0 Å². The Labute approximate surface area is 64.2 Å². The van der Waals surface area contributed by atoms with Crippen LogP contribution in [0.2, 0.25) is 0 Å². The van der Waals surface area contributed by atoms with E-state index >= 15 is 0 Å². The van der Waals surface area contributed by atoms with Gasteiger partial charge in [-0.3, -0.25) is 0 Å². The number of rotatable bonds is 1. The van der Waals surface area contributed by atoms with Crippen LogP contribution in [0.5, 0.6) is 11.5 Å². The lowest BCUT2D eigenvalue weighted by atomic mass is 10.2. The fraction of sp³-hybridized carbons (Fsp3) is 0.250. The van der Waals surface area contributed by atoms with Gasteiger partial charge >= 0.3 is 0 Å². The van der Waals surface area contributed by atoms with Crippen molar-refractivity contribution in [3.8, 4) is 11.5 Å². The molecule has 60 valence electrons. The zero-order chi connectivity index (χ0) is 8.43. The van der Waals surface area contributed by atoms with Gasteiger partial charge in [-0.2, -0.15) is 4.39 Å². The SMILES string of the molecule is COc1cc(C)cc(O)c1F. The van der Waals surface area contributed by atoms with Crippen LogP contribution in [0.3, 0.4) is 0 Å². The van der Waals surface area contributed by atoms with E-state index in [4.69, 9.17) is 5.11 Å². The number of aryl methyl sites for hydroxylation is 1. The normalized spacial score (nSPS) is 9.73. The molecule has 0 amide bonds. The standard InChI is InChI=1S/C8H9FO2/c1-5-3-6(10)8(9)7(4-5)11-2/h3-4,10H,1-2H3. The molecule has 0 bridgehead atoms. The van der Waals surface area contributed by atoms with Crippen LogP contribution in [0.4, 0.5) is 4.39 Å². The Kier molecular flexibility index (Phi) is 1.98. The van der Waals surface area contributed by atoms with Crippen molar-refractivity contribution in [3.63, 3.8) is 0 Å². The van der Waals surface area contributed by atoms with Crippen LogP contribution < -0.4 is 4.74 Å². The van der Waals surface area contributed by atoms with Crippen molar-refractivity contribution >= 4 is 0 Å². The summed E-state index contributed by atoms with van der Waals surface area (Å²) in [5, 5.41) is 8.96. The molecule has 0 aromatic heterocycles. The molecular weight excluding hydrogens is 147 g/mol. The minimum Gasteiger partial charge on any atom is -0.505 e. The predicted molar refractivity (Wildman–Crippen MR) is 39.4 cm³/mol. The molecule has 0 radical (unpaired) electrons. The second-order valence-electron chi connectivity index (χ2n) is 2.30. The highest BCUT2D eigenvalue weighted by atomic mass is 19.1. The second kappa shape index (κ2) is 2.78. The Morgan fingerprint density at radius 1 is 1.45 bits per heavy atom. The minimum absolute atomic E-state index is 0.0718. The van der Waals surface area contributed by atoms with E-state index in [0.717, 1.165) is 5.56 Å². The molecule has 1 N–H and O–H groups in total. The van der Waals surface area contributed by atoms with Crippen LogP contribution in [0.1, 0.15) is 5.56 Å². The molecule has 0 unspecified atom stereocenters. The lowest BCUT2D eigenvalue weighted by Crippen LogP contribution is -1.89. The van der Waals surface area contributed by atoms with Crippen molar-refractivity contribution in [2.45, 2.75) is 6.92 Å². The van der Waals surface area contributed by atoms with Crippen LogP contribution in [0.15, 0.2) is 12.1 Å². The number of hydrogen-bond acceptors (Lipinski definition) is 2. The summed E-state index contributed by atoms with van der Waals surface area (Å²) in [7, 11) is 1.36. The molecule has 1 aromatic rings. The summed E-state index contributed by atoms with van der Waals surface area (Å²) in [6.07, 6.45) is 0. The molecule has 0 atom stereocenters. The summed E-state index contributed by atoms with van der Waals surface area (Å²) in [6.45, 7) is 1.75. The summed E-state index contributed by atoms with van der Waals surface area (Å²) in [5.41, 5.74) is 0.765. The maximum Gasteiger partial charge on any atom is 0.206 e. The highest BCUT2D eigenvalue weighted by Gasteiger charge is 2.07. The first kappa shape index (κ1) is 7.85. The minimum atomic E-state index is -0.710. The molecule has 0 saturated heterocycles. The van der Waals surface area contributed by atoms with Crippen molar-refractivity contribution in [2.75, 3.05) is 7.11 Å². The Morgan fingerprint density at radius 2 is 2.09 bits per heavy atom. The summed E-state index contributed by atoms with van der Waals surface area (Å²) in [4.78, 5) is 0. The molecule has 0 spiro atoms. The van der Waals surface area contributed by atoms with Crippen molar-refractivity contribution < 1.29 is 14.2 Å². The average Bonchev–Trinajstić information content (AvgIpc) is 1.96. The van der Waals surface area contributed by atoms with Crippen molar-refractivity contribution in [2.24, 2.45) is 0 Å². The van der Waals surface area contributed by atoms with E-state index in [9.17, 15) is 4.39 Å². The van der Waals surface area contributed by atoms with Gasteiger partial charge in [-0.25, -0.2) is 0 Å². The van der Waals surface area contributed by atoms with Crippen molar-refractivity contribution in [1.82, 2.24) is 0 Å². The fourth-order valence-corrected chi connectivity index (χ4v) is 0.866. The van der Waals surface area contributed by atoms with E-state index in [0.29, 0.717) is 0 Å². The largest absolute Gasteiger partial charge is 0.505 e. The zero-order valence-electron chi connectivity index (χ0n) is 6.39. The van der Waals surface area contributed by atoms with Crippen LogP contribution in [0.25, 0.3) is 0 Å². The van der Waals surface area contributed by atoms with Gasteiger partial charge in [0.2, 0.25) is 5.82 Å². The number of phenols is 1. The first-order chi connectivity index (χ1) is 5.15. The molecule has 3 heteroatoms. The molecule has 1 aromatic carbocycles. The first-order valence-electron chi connectivity index (χ1n) is 3.18. The Morgan fingerprint density at radius 3 is 2.64 bits per heavy atom. The van der Waals surface area contributed by atoms with Gasteiger partial charge in [-0.15, -0.1) is 0 Å². The smallest absolute Gasteiger partial charge is 0.206 e. The Balaban J connectivity index is 3.24. The summed E-state index contributed by atoms with van der Waals surface area (Å²) < 4.78 is 17.5. The summed E-state index contributed by atoms with van der Waals surface area (Å²) >= 11 is 0. The van der Waals surface area contributed by atoms with Gasteiger partial charge in [0.05, 0.1) is 7.11 Å². The van der Waals surface area contributed by atoms with Crippen LogP contribution in [-0.2, 0) is 0 Å². The van der Waals surface area contributed by atoms with E-state index in [-0.39, 0.29) is 11.5 Å². The highest BCUT2D eigenvalue weighted by Crippen LogP contribution is 2.26. The molecule has 0 aliphatic carbocycles. The van der Waals surface area contributed by atoms with E-state index in [1.54, 1.807) is 6.92 Å². The third-order valence-electron chi connectivity index (χ3n) is 1.38. The summed E-state index contributed by atoms with van der Waals surface area (Å²) in [6, 6.07) is 2.87. The number of benzene rings is 1. The van der Waals surface area contributed by atoms with E-state index < -0.39 is 5.82 Å². The van der Waals surface area contributed by atoms with Gasteiger partial charge in [-0.1, -0.05) is 0 Å². The molecule has 0 fully saturated rings. The van der Waals surface area contributed by atoms with Gasteiger partial charge in [-0.05, 0) is 24.6 Å². The monoisotopic (exact) mass is 156 g/mol. The second-order valence-corrected chi connectivity index (χ2v) is 2.30. The zero-order valence-corrected chi connectivity index (χ0v) is 6.39.